The van der Waals surface area contributed by atoms with Crippen molar-refractivity contribution in [1.82, 2.24) is 4.98 Å². The van der Waals surface area contributed by atoms with Crippen molar-refractivity contribution < 1.29 is 14.1 Å². The number of nitrogens with zero attached hydrogens (tertiary/aromatic N) is 3. The molecule has 0 unspecified atom stereocenters. The highest BCUT2D eigenvalue weighted by molar-refractivity contribution is 7.13. The van der Waals surface area contributed by atoms with Gasteiger partial charge in [-0.05, 0) is 24.3 Å². The number of aromatic nitrogens is 1. The Morgan fingerprint density at radius 3 is 2.89 bits per heavy atom. The first kappa shape index (κ1) is 18.3. The molecule has 0 bridgehead atoms. The van der Waals surface area contributed by atoms with E-state index in [1.165, 1.54) is 53.9 Å². The van der Waals surface area contributed by atoms with E-state index < -0.39 is 10.8 Å². The highest BCUT2D eigenvalue weighted by Crippen LogP contribution is 2.33. The summed E-state index contributed by atoms with van der Waals surface area (Å²) in [6.07, 6.45) is 2.77. The van der Waals surface area contributed by atoms with Crippen LogP contribution in [0.15, 0.2) is 51.9 Å². The van der Waals surface area contributed by atoms with Gasteiger partial charge in [0.2, 0.25) is 0 Å². The van der Waals surface area contributed by atoms with Crippen molar-refractivity contribution in [3.05, 3.63) is 68.4 Å². The summed E-state index contributed by atoms with van der Waals surface area (Å²) in [4.78, 5) is 26.7. The SMILES string of the molecule is N#C/C(=C\c1ccc(-c2ccc(Cl)cc2[N+](=O)[O-])o1)C(=O)Nc1nccs1. The number of anilines is 1. The average molecular weight is 401 g/mol. The number of nitro groups is 1. The Morgan fingerprint density at radius 2 is 2.22 bits per heavy atom. The van der Waals surface area contributed by atoms with Gasteiger partial charge in [-0.3, -0.25) is 20.2 Å². The summed E-state index contributed by atoms with van der Waals surface area (Å²) in [5.74, 6) is -0.231. The van der Waals surface area contributed by atoms with E-state index in [9.17, 15) is 20.2 Å². The number of halogens is 1. The maximum Gasteiger partial charge on any atom is 0.281 e. The summed E-state index contributed by atoms with van der Waals surface area (Å²) in [7, 11) is 0. The van der Waals surface area contributed by atoms with E-state index in [4.69, 9.17) is 16.0 Å². The number of nitrogens with one attached hydrogen (secondary N) is 1. The topological polar surface area (TPSA) is 122 Å². The van der Waals surface area contributed by atoms with Crippen LogP contribution in [0.2, 0.25) is 5.02 Å². The van der Waals surface area contributed by atoms with Gasteiger partial charge in [0, 0.05) is 28.7 Å². The van der Waals surface area contributed by atoms with Crippen LogP contribution in [-0.4, -0.2) is 15.8 Å². The number of benzene rings is 1. The minimum absolute atomic E-state index is 0.195. The summed E-state index contributed by atoms with van der Waals surface area (Å²) in [5, 5.41) is 25.2. The molecule has 0 atom stereocenters. The van der Waals surface area contributed by atoms with Crippen LogP contribution >= 0.6 is 22.9 Å². The number of hydrogen-bond acceptors (Lipinski definition) is 7. The average Bonchev–Trinajstić information content (AvgIpc) is 3.31. The molecule has 1 N–H and O–H groups in total. The number of amides is 1. The van der Waals surface area contributed by atoms with Gasteiger partial charge in [0.05, 0.1) is 10.5 Å². The van der Waals surface area contributed by atoms with Crippen molar-refractivity contribution in [3.63, 3.8) is 0 Å². The molecular formula is C17H9ClN4O4S. The molecule has 134 valence electrons. The van der Waals surface area contributed by atoms with Crippen molar-refractivity contribution in [2.45, 2.75) is 0 Å². The third kappa shape index (κ3) is 4.20. The van der Waals surface area contributed by atoms with Crippen LogP contribution in [0.5, 0.6) is 0 Å². The third-order valence-electron chi connectivity index (χ3n) is 3.35. The lowest BCUT2D eigenvalue weighted by Crippen LogP contribution is -2.13. The van der Waals surface area contributed by atoms with Gasteiger partial charge in [-0.15, -0.1) is 11.3 Å². The van der Waals surface area contributed by atoms with Gasteiger partial charge in [0.1, 0.15) is 23.2 Å². The van der Waals surface area contributed by atoms with E-state index in [0.717, 1.165) is 0 Å². The van der Waals surface area contributed by atoms with Gasteiger partial charge in [-0.2, -0.15) is 5.26 Å². The molecule has 0 aliphatic rings. The fourth-order valence-electron chi connectivity index (χ4n) is 2.18. The molecule has 0 radical (unpaired) electrons. The molecule has 2 aromatic heterocycles. The molecular weight excluding hydrogens is 392 g/mol. The zero-order valence-corrected chi connectivity index (χ0v) is 15.0. The van der Waals surface area contributed by atoms with Gasteiger partial charge in [-0.25, -0.2) is 4.98 Å². The summed E-state index contributed by atoms with van der Waals surface area (Å²) >= 11 is 7.02. The molecule has 0 saturated heterocycles. The molecule has 8 nitrogen and oxygen atoms in total. The van der Waals surface area contributed by atoms with Gasteiger partial charge in [0.15, 0.2) is 5.13 Å². The number of nitriles is 1. The van der Waals surface area contributed by atoms with Crippen molar-refractivity contribution in [1.29, 1.82) is 5.26 Å². The Hall–Kier alpha value is -3.48. The first-order valence-electron chi connectivity index (χ1n) is 7.34. The Morgan fingerprint density at radius 1 is 1.41 bits per heavy atom. The molecule has 3 rings (SSSR count). The number of nitro benzene ring substituents is 1. The van der Waals surface area contributed by atoms with E-state index in [-0.39, 0.29) is 33.4 Å². The van der Waals surface area contributed by atoms with E-state index in [2.05, 4.69) is 10.3 Å². The molecule has 3 aromatic rings. The number of furan rings is 1. The zero-order chi connectivity index (χ0) is 19.4. The second-order valence-corrected chi connectivity index (χ2v) is 6.41. The largest absolute Gasteiger partial charge is 0.456 e. The minimum Gasteiger partial charge on any atom is -0.456 e. The Bertz CT molecular complexity index is 1080. The Labute approximate surface area is 161 Å². The van der Waals surface area contributed by atoms with Crippen molar-refractivity contribution >= 4 is 45.7 Å². The molecule has 1 amide bonds. The lowest BCUT2D eigenvalue weighted by molar-refractivity contribution is -0.384. The summed E-state index contributed by atoms with van der Waals surface area (Å²) in [6, 6.07) is 8.99. The van der Waals surface area contributed by atoms with Crippen LogP contribution in [-0.2, 0) is 4.79 Å². The van der Waals surface area contributed by atoms with E-state index >= 15 is 0 Å². The van der Waals surface area contributed by atoms with Crippen LogP contribution in [0.3, 0.4) is 0 Å². The van der Waals surface area contributed by atoms with E-state index in [0.29, 0.717) is 5.13 Å². The zero-order valence-electron chi connectivity index (χ0n) is 13.4. The van der Waals surface area contributed by atoms with Gasteiger partial charge in [-0.1, -0.05) is 11.6 Å². The summed E-state index contributed by atoms with van der Waals surface area (Å²) in [5.41, 5.74) is -0.180. The summed E-state index contributed by atoms with van der Waals surface area (Å²) < 4.78 is 5.55. The molecule has 0 aliphatic heterocycles. The highest BCUT2D eigenvalue weighted by Gasteiger charge is 2.19. The van der Waals surface area contributed by atoms with Crippen molar-refractivity contribution in [3.8, 4) is 17.4 Å². The van der Waals surface area contributed by atoms with Crippen LogP contribution < -0.4 is 5.32 Å². The molecule has 0 saturated carbocycles. The smallest absolute Gasteiger partial charge is 0.281 e. The number of carbonyl (C=O) groups excluding carboxylic acids is 1. The van der Waals surface area contributed by atoms with Crippen molar-refractivity contribution in [2.24, 2.45) is 0 Å². The molecule has 27 heavy (non-hydrogen) atoms. The number of thiazole rings is 1. The number of rotatable bonds is 5. The fourth-order valence-corrected chi connectivity index (χ4v) is 2.87. The monoisotopic (exact) mass is 400 g/mol. The molecule has 0 aliphatic carbocycles. The van der Waals surface area contributed by atoms with Gasteiger partial charge < -0.3 is 4.42 Å². The number of carbonyl (C=O) groups is 1. The Balaban J connectivity index is 1.89. The second-order valence-electron chi connectivity index (χ2n) is 5.08. The highest BCUT2D eigenvalue weighted by atomic mass is 35.5. The minimum atomic E-state index is -0.636. The van der Waals surface area contributed by atoms with Crippen LogP contribution in [0.25, 0.3) is 17.4 Å². The van der Waals surface area contributed by atoms with Gasteiger partial charge >= 0.3 is 0 Å². The van der Waals surface area contributed by atoms with E-state index in [1.807, 2.05) is 0 Å². The normalized spacial score (nSPS) is 11.0. The standard InChI is InChI=1S/C17H9ClN4O4S/c18-11-1-3-13(14(8-11)22(24)25)15-4-2-12(26-15)7-10(9-19)16(23)21-17-20-5-6-27-17/h1-8H,(H,20,21,23)/b10-7+. The van der Waals surface area contributed by atoms with Gasteiger partial charge in [0.25, 0.3) is 11.6 Å². The van der Waals surface area contributed by atoms with Crippen LogP contribution in [0, 0.1) is 21.4 Å². The fraction of sp³-hybridized carbons (Fsp3) is 0. The molecule has 0 fully saturated rings. The maximum atomic E-state index is 12.1. The van der Waals surface area contributed by atoms with Crippen molar-refractivity contribution in [2.75, 3.05) is 5.32 Å². The lowest BCUT2D eigenvalue weighted by atomic mass is 10.1. The third-order valence-corrected chi connectivity index (χ3v) is 4.28. The van der Waals surface area contributed by atoms with E-state index in [1.54, 1.807) is 11.4 Å². The lowest BCUT2D eigenvalue weighted by Gasteiger charge is -2.01. The Kier molecular flexibility index (Phi) is 5.30. The quantitative estimate of drug-likeness (QED) is 0.291. The molecule has 2 heterocycles. The molecule has 10 heteroatoms. The predicted octanol–water partition coefficient (Wildman–Crippen LogP) is 4.51. The maximum absolute atomic E-state index is 12.1. The molecule has 1 aromatic carbocycles. The first-order valence-corrected chi connectivity index (χ1v) is 8.60. The summed E-state index contributed by atoms with van der Waals surface area (Å²) in [6.45, 7) is 0. The number of hydrogen-bond donors (Lipinski definition) is 1. The van der Waals surface area contributed by atoms with Crippen LogP contribution in [0.1, 0.15) is 5.76 Å². The second kappa shape index (κ2) is 7.82. The predicted molar refractivity (Wildman–Crippen MR) is 100 cm³/mol. The first-order chi connectivity index (χ1) is 13.0. The van der Waals surface area contributed by atoms with Crippen LogP contribution in [0.4, 0.5) is 10.8 Å². The molecule has 0 spiro atoms.